The third-order valence-corrected chi connectivity index (χ3v) is 3.34. The Balaban J connectivity index is 1.92. The highest BCUT2D eigenvalue weighted by atomic mass is 16.1. The van der Waals surface area contributed by atoms with Crippen LogP contribution in [0.25, 0.3) is 0 Å². The molecule has 0 saturated carbocycles. The number of hydrogen-bond acceptors (Lipinski definition) is 3. The van der Waals surface area contributed by atoms with Crippen molar-refractivity contribution in [2.75, 3.05) is 17.2 Å². The first kappa shape index (κ1) is 15.8. The van der Waals surface area contributed by atoms with Gasteiger partial charge in [-0.1, -0.05) is 19.1 Å². The van der Waals surface area contributed by atoms with Crippen LogP contribution in [0.2, 0.25) is 0 Å². The molecule has 114 valence electrons. The molecule has 2 aromatic rings. The van der Waals surface area contributed by atoms with Crippen molar-refractivity contribution in [1.29, 1.82) is 0 Å². The minimum atomic E-state index is -0.128. The van der Waals surface area contributed by atoms with Crippen molar-refractivity contribution >= 4 is 23.1 Å². The molecule has 0 aliphatic carbocycles. The second-order valence-electron chi connectivity index (χ2n) is 5.09. The van der Waals surface area contributed by atoms with Gasteiger partial charge in [-0.05, 0) is 48.4 Å². The molecule has 1 amide bonds. The molecule has 0 bridgehead atoms. The molecule has 0 aliphatic rings. The summed E-state index contributed by atoms with van der Waals surface area (Å²) in [5, 5.41) is 5.80. The summed E-state index contributed by atoms with van der Waals surface area (Å²) >= 11 is 0. The molecule has 2 aromatic carbocycles. The molecule has 0 aliphatic heterocycles. The number of carbonyl (C=O) groups excluding carboxylic acids is 2. The van der Waals surface area contributed by atoms with E-state index < -0.39 is 0 Å². The number of benzene rings is 2. The van der Waals surface area contributed by atoms with Gasteiger partial charge in [0.05, 0.1) is 6.54 Å². The maximum atomic E-state index is 12.1. The zero-order valence-corrected chi connectivity index (χ0v) is 12.8. The van der Waals surface area contributed by atoms with E-state index in [0.717, 1.165) is 12.1 Å². The third kappa shape index (κ3) is 4.45. The monoisotopic (exact) mass is 296 g/mol. The topological polar surface area (TPSA) is 58.2 Å². The molecule has 4 heteroatoms. The van der Waals surface area contributed by atoms with Gasteiger partial charge in [-0.3, -0.25) is 9.59 Å². The summed E-state index contributed by atoms with van der Waals surface area (Å²) in [6.07, 6.45) is 1.000. The number of amides is 1. The van der Waals surface area contributed by atoms with Crippen molar-refractivity contribution in [1.82, 2.24) is 0 Å². The minimum absolute atomic E-state index is 0.00828. The number of anilines is 2. The second-order valence-corrected chi connectivity index (χ2v) is 5.09. The molecule has 0 saturated heterocycles. The molecule has 2 rings (SSSR count). The van der Waals surface area contributed by atoms with E-state index in [0.29, 0.717) is 11.3 Å². The maximum absolute atomic E-state index is 12.1. The van der Waals surface area contributed by atoms with Crippen LogP contribution in [0.15, 0.2) is 48.5 Å². The number of nitrogens with one attached hydrogen (secondary N) is 2. The first-order chi connectivity index (χ1) is 10.6. The molecular formula is C18H20N2O2. The summed E-state index contributed by atoms with van der Waals surface area (Å²) in [4.78, 5) is 23.1. The van der Waals surface area contributed by atoms with Gasteiger partial charge in [0.15, 0.2) is 5.78 Å². The van der Waals surface area contributed by atoms with Crippen LogP contribution in [0.3, 0.4) is 0 Å². The summed E-state index contributed by atoms with van der Waals surface area (Å²) in [7, 11) is 0. The smallest absolute Gasteiger partial charge is 0.221 e. The number of hydrogen-bond donors (Lipinski definition) is 2. The van der Waals surface area contributed by atoms with Crippen molar-refractivity contribution in [3.05, 3.63) is 59.7 Å². The molecule has 0 aromatic heterocycles. The molecular weight excluding hydrogens is 276 g/mol. The lowest BCUT2D eigenvalue weighted by molar-refractivity contribution is -0.114. The Bertz CT molecular complexity index is 646. The Morgan fingerprint density at radius 3 is 2.05 bits per heavy atom. The Morgan fingerprint density at radius 2 is 1.50 bits per heavy atom. The number of Topliss-reactive ketones (excluding diaryl/α,β-unsaturated/α-hetero) is 1. The first-order valence-corrected chi connectivity index (χ1v) is 7.32. The van der Waals surface area contributed by atoms with Gasteiger partial charge in [-0.15, -0.1) is 0 Å². The van der Waals surface area contributed by atoms with Crippen molar-refractivity contribution < 1.29 is 9.59 Å². The Labute approximate surface area is 130 Å². The molecule has 0 spiro atoms. The summed E-state index contributed by atoms with van der Waals surface area (Å²) < 4.78 is 0. The quantitative estimate of drug-likeness (QED) is 0.802. The zero-order valence-electron chi connectivity index (χ0n) is 12.8. The fraction of sp³-hybridized carbons (Fsp3) is 0.222. The number of ketones is 1. The van der Waals surface area contributed by atoms with Crippen LogP contribution in [0.5, 0.6) is 0 Å². The van der Waals surface area contributed by atoms with E-state index in [-0.39, 0.29) is 18.2 Å². The fourth-order valence-corrected chi connectivity index (χ4v) is 2.09. The van der Waals surface area contributed by atoms with Crippen LogP contribution in [-0.4, -0.2) is 18.2 Å². The zero-order chi connectivity index (χ0) is 15.9. The molecule has 22 heavy (non-hydrogen) atoms. The molecule has 0 unspecified atom stereocenters. The van der Waals surface area contributed by atoms with E-state index in [9.17, 15) is 9.59 Å². The average molecular weight is 296 g/mol. The van der Waals surface area contributed by atoms with Gasteiger partial charge in [0.2, 0.25) is 5.91 Å². The van der Waals surface area contributed by atoms with Crippen LogP contribution in [0.1, 0.15) is 29.8 Å². The van der Waals surface area contributed by atoms with E-state index in [2.05, 4.69) is 29.7 Å². The number of aryl methyl sites for hydroxylation is 1. The molecule has 0 atom stereocenters. The third-order valence-electron chi connectivity index (χ3n) is 3.34. The Hall–Kier alpha value is -2.62. The van der Waals surface area contributed by atoms with Gasteiger partial charge >= 0.3 is 0 Å². The lowest BCUT2D eigenvalue weighted by Crippen LogP contribution is -2.14. The van der Waals surface area contributed by atoms with E-state index in [1.165, 1.54) is 12.5 Å². The fourth-order valence-electron chi connectivity index (χ4n) is 2.09. The van der Waals surface area contributed by atoms with E-state index >= 15 is 0 Å². The van der Waals surface area contributed by atoms with E-state index in [4.69, 9.17) is 0 Å². The first-order valence-electron chi connectivity index (χ1n) is 7.32. The van der Waals surface area contributed by atoms with Crippen molar-refractivity contribution in [3.8, 4) is 0 Å². The van der Waals surface area contributed by atoms with E-state index in [1.807, 2.05) is 12.1 Å². The summed E-state index contributed by atoms with van der Waals surface area (Å²) in [6.45, 7) is 3.80. The van der Waals surface area contributed by atoms with Crippen LogP contribution < -0.4 is 10.6 Å². The summed E-state index contributed by atoms with van der Waals surface area (Å²) in [5.74, 6) is -0.120. The highest BCUT2D eigenvalue weighted by molar-refractivity contribution is 5.99. The van der Waals surface area contributed by atoms with E-state index in [1.54, 1.807) is 24.3 Å². The predicted molar refractivity (Wildman–Crippen MR) is 89.4 cm³/mol. The van der Waals surface area contributed by atoms with Gasteiger partial charge in [0, 0.05) is 23.9 Å². The Morgan fingerprint density at radius 1 is 0.909 bits per heavy atom. The van der Waals surface area contributed by atoms with Gasteiger partial charge < -0.3 is 10.6 Å². The largest absolute Gasteiger partial charge is 0.378 e. The van der Waals surface area contributed by atoms with Gasteiger partial charge in [0.25, 0.3) is 0 Å². The predicted octanol–water partition coefficient (Wildman–Crippen LogP) is 3.50. The number of carbonyl (C=O) groups is 2. The molecule has 0 fully saturated rings. The second kappa shape index (κ2) is 7.41. The summed E-state index contributed by atoms with van der Waals surface area (Å²) in [5.41, 5.74) is 3.50. The Kier molecular flexibility index (Phi) is 5.31. The normalized spacial score (nSPS) is 10.1. The van der Waals surface area contributed by atoms with Crippen molar-refractivity contribution in [3.63, 3.8) is 0 Å². The average Bonchev–Trinajstić information content (AvgIpc) is 2.53. The standard InChI is InChI=1S/C18H20N2O2/c1-3-14-4-8-16(9-5-14)19-12-18(22)15-6-10-17(11-7-15)20-13(2)21/h4-11,19H,3,12H2,1-2H3,(H,20,21). The van der Waals surface area contributed by atoms with Crippen LogP contribution >= 0.6 is 0 Å². The van der Waals surface area contributed by atoms with Gasteiger partial charge in [-0.2, -0.15) is 0 Å². The van der Waals surface area contributed by atoms with Crippen molar-refractivity contribution in [2.45, 2.75) is 20.3 Å². The lowest BCUT2D eigenvalue weighted by Gasteiger charge is -2.07. The van der Waals surface area contributed by atoms with Crippen LogP contribution in [0.4, 0.5) is 11.4 Å². The lowest BCUT2D eigenvalue weighted by atomic mass is 10.1. The minimum Gasteiger partial charge on any atom is -0.378 e. The number of rotatable bonds is 6. The van der Waals surface area contributed by atoms with Crippen molar-refractivity contribution in [2.24, 2.45) is 0 Å². The highest BCUT2D eigenvalue weighted by Gasteiger charge is 2.06. The molecule has 4 nitrogen and oxygen atoms in total. The molecule has 0 heterocycles. The van der Waals surface area contributed by atoms with Gasteiger partial charge in [-0.25, -0.2) is 0 Å². The summed E-state index contributed by atoms with van der Waals surface area (Å²) in [6, 6.07) is 14.9. The van der Waals surface area contributed by atoms with Crippen LogP contribution in [-0.2, 0) is 11.2 Å². The SMILES string of the molecule is CCc1ccc(NCC(=O)c2ccc(NC(C)=O)cc2)cc1. The maximum Gasteiger partial charge on any atom is 0.221 e. The molecule has 0 radical (unpaired) electrons. The van der Waals surface area contributed by atoms with Gasteiger partial charge in [0.1, 0.15) is 0 Å². The highest BCUT2D eigenvalue weighted by Crippen LogP contribution is 2.12. The van der Waals surface area contributed by atoms with Crippen LogP contribution in [0, 0.1) is 0 Å². The molecule has 2 N–H and O–H groups in total.